The van der Waals surface area contributed by atoms with Gasteiger partial charge in [0.15, 0.2) is 11.5 Å². The van der Waals surface area contributed by atoms with Crippen LogP contribution in [0.15, 0.2) is 105 Å². The van der Waals surface area contributed by atoms with Crippen LogP contribution < -0.4 is 5.73 Å². The summed E-state index contributed by atoms with van der Waals surface area (Å²) in [5.74, 6) is -1.04. The molecule has 6 aromatic rings. The van der Waals surface area contributed by atoms with E-state index in [9.17, 15) is 40.7 Å². The van der Waals surface area contributed by atoms with E-state index < -0.39 is 9.85 Å². The minimum absolute atomic E-state index is 0. The van der Waals surface area contributed by atoms with Gasteiger partial charge >= 0.3 is 1.43 Å². The quantitative estimate of drug-likeness (QED) is 0.0605. The Morgan fingerprint density at radius 1 is 0.552 bits per heavy atom. The zero-order valence-electron chi connectivity index (χ0n) is 30.7. The number of nitro groups is 2. The largest absolute Gasteiger partial charge is 1.00 e. The van der Waals surface area contributed by atoms with Crippen molar-refractivity contribution in [3.8, 4) is 23.0 Å². The molecule has 0 atom stereocenters. The van der Waals surface area contributed by atoms with E-state index in [1.165, 1.54) is 44.2 Å². The molecule has 1 fully saturated rings. The molecule has 0 unspecified atom stereocenters. The minimum Gasteiger partial charge on any atom is -0.506 e. The van der Waals surface area contributed by atoms with E-state index in [0.29, 0.717) is 37.6 Å². The van der Waals surface area contributed by atoms with Crippen LogP contribution in [0.4, 0.5) is 34.1 Å². The Balaban J connectivity index is 0.000000263. The summed E-state index contributed by atoms with van der Waals surface area (Å²) in [6, 6.07) is 19.7. The van der Waals surface area contributed by atoms with E-state index in [1.54, 1.807) is 36.4 Å². The number of fused-ring (bicyclic) bond motifs is 2. The van der Waals surface area contributed by atoms with Crippen molar-refractivity contribution in [2.75, 3.05) is 0 Å². The van der Waals surface area contributed by atoms with Gasteiger partial charge in [0.05, 0.1) is 19.9 Å². The molecule has 0 saturated heterocycles. The zero-order chi connectivity index (χ0) is 41.4. The van der Waals surface area contributed by atoms with Crippen molar-refractivity contribution < 1.29 is 48.5 Å². The molecule has 1 saturated carbocycles. The predicted molar refractivity (Wildman–Crippen MR) is 221 cm³/mol. The fourth-order valence-corrected chi connectivity index (χ4v) is 6.55. The van der Waals surface area contributed by atoms with Gasteiger partial charge in [-0.15, -0.1) is 20.5 Å². The van der Waals surface area contributed by atoms with Crippen molar-refractivity contribution in [2.24, 2.45) is 26.2 Å². The van der Waals surface area contributed by atoms with E-state index in [2.05, 4.69) is 20.5 Å². The Kier molecular flexibility index (Phi) is 15.9. The molecule has 6 N–H and O–H groups in total. The summed E-state index contributed by atoms with van der Waals surface area (Å²) in [4.78, 5) is 20.4. The van der Waals surface area contributed by atoms with Crippen molar-refractivity contribution in [3.05, 3.63) is 125 Å². The van der Waals surface area contributed by atoms with Crippen LogP contribution in [0.5, 0.6) is 23.0 Å². The van der Waals surface area contributed by atoms with Crippen LogP contribution in [-0.4, -0.2) is 36.3 Å². The summed E-state index contributed by atoms with van der Waals surface area (Å²) in [5, 5.41) is 80.2. The van der Waals surface area contributed by atoms with Gasteiger partial charge in [0.25, 0.3) is 11.4 Å². The maximum Gasteiger partial charge on any atom is 1.00 e. The molecule has 1 aliphatic carbocycles. The molecule has 0 bridgehead atoms. The molecular weight excluding hydrogens is 883 g/mol. The zero-order valence-corrected chi connectivity index (χ0v) is 33.8. The smallest absolute Gasteiger partial charge is 0.506 e. The molecule has 0 aliphatic heterocycles. The normalized spacial score (nSPS) is 12.8. The van der Waals surface area contributed by atoms with Gasteiger partial charge in [-0.1, -0.05) is 77.8 Å². The van der Waals surface area contributed by atoms with E-state index in [0.717, 1.165) is 36.4 Å². The molecule has 15 nitrogen and oxygen atoms in total. The molecule has 0 amide bonds. The fourth-order valence-electron chi connectivity index (χ4n) is 5.60. The number of nitro benzene ring substituents is 2. The number of rotatable bonds is 6. The van der Waals surface area contributed by atoms with Crippen LogP contribution in [-0.2, 0) is 16.8 Å². The van der Waals surface area contributed by atoms with Crippen LogP contribution in [0.3, 0.4) is 0 Å². The number of halogens is 4. The summed E-state index contributed by atoms with van der Waals surface area (Å²) in [7, 11) is 0. The number of azo groups is 2. The molecule has 7 rings (SSSR count). The van der Waals surface area contributed by atoms with Crippen molar-refractivity contribution in [1.82, 2.24) is 0 Å². The van der Waals surface area contributed by atoms with Crippen LogP contribution >= 0.6 is 46.4 Å². The average molecular weight is 915 g/mol. The van der Waals surface area contributed by atoms with E-state index in [1.807, 2.05) is 0 Å². The second kappa shape index (κ2) is 20.4. The standard InChI is InChI=1S/2C16H9Cl2N3O4.C6H13N.Co/c2*17-10-3-4-11(18)15-9(10)2-5-12(16(15)23)19-20-13-7-8(21(24)25)1-6-14(13)22;7-6-4-2-1-3-5-6;/h2*1-7,22-23H;6H,1-5,7H2;/p+1. The number of nitrogens with zero attached hydrogens (tertiary/aromatic N) is 6. The number of aromatic hydroxyl groups is 4. The molecule has 20 heteroatoms. The summed E-state index contributed by atoms with van der Waals surface area (Å²) in [5.41, 5.74) is 5.08. The second-order valence-corrected chi connectivity index (χ2v) is 14.1. The van der Waals surface area contributed by atoms with Crippen LogP contribution in [0.1, 0.15) is 33.5 Å². The van der Waals surface area contributed by atoms with Gasteiger partial charge in [-0.05, 0) is 61.4 Å². The maximum atomic E-state index is 10.8. The van der Waals surface area contributed by atoms with Gasteiger partial charge in [0, 0.05) is 78.7 Å². The third-order valence-electron chi connectivity index (χ3n) is 8.58. The summed E-state index contributed by atoms with van der Waals surface area (Å²) < 4.78 is 0. The van der Waals surface area contributed by atoms with Crippen LogP contribution in [0.25, 0.3) is 21.5 Å². The molecule has 58 heavy (non-hydrogen) atoms. The van der Waals surface area contributed by atoms with Gasteiger partial charge in [-0.25, -0.2) is 0 Å². The molecule has 303 valence electrons. The maximum absolute atomic E-state index is 10.8. The molecule has 1 radical (unpaired) electrons. The van der Waals surface area contributed by atoms with Crippen molar-refractivity contribution in [2.45, 2.75) is 38.1 Å². The molecule has 0 heterocycles. The van der Waals surface area contributed by atoms with E-state index >= 15 is 0 Å². The molecule has 0 aromatic heterocycles. The number of non-ortho nitro benzene ring substituents is 2. The molecule has 0 spiro atoms. The monoisotopic (exact) mass is 913 g/mol. The number of phenols is 4. The second-order valence-electron chi connectivity index (χ2n) is 12.4. The van der Waals surface area contributed by atoms with Crippen LogP contribution in [0, 0.1) is 20.2 Å². The molecule has 6 aromatic carbocycles. The van der Waals surface area contributed by atoms with Crippen molar-refractivity contribution in [3.63, 3.8) is 0 Å². The first-order chi connectivity index (χ1) is 27.2. The van der Waals surface area contributed by atoms with Crippen molar-refractivity contribution >= 4 is 102 Å². The van der Waals surface area contributed by atoms with Gasteiger partial charge in [0.1, 0.15) is 34.2 Å². The number of hydrogen-bond acceptors (Lipinski definition) is 13. The van der Waals surface area contributed by atoms with E-state index in [4.69, 9.17) is 52.1 Å². The first kappa shape index (κ1) is 45.4. The first-order valence-electron chi connectivity index (χ1n) is 16.9. The Hall–Kier alpha value is -5.33. The summed E-state index contributed by atoms with van der Waals surface area (Å²) in [6.45, 7) is 0. The Bertz CT molecular complexity index is 2400. The summed E-state index contributed by atoms with van der Waals surface area (Å²) >= 11 is 24.3. The number of benzene rings is 6. The third-order valence-corrected chi connectivity index (χ3v) is 9.87. The summed E-state index contributed by atoms with van der Waals surface area (Å²) in [6.07, 6.45) is 6.66. The minimum atomic E-state index is -0.617. The predicted octanol–water partition coefficient (Wildman–Crippen LogP) is 13.2. The van der Waals surface area contributed by atoms with Crippen molar-refractivity contribution in [1.29, 1.82) is 0 Å². The van der Waals surface area contributed by atoms with Crippen LogP contribution in [0.2, 0.25) is 20.1 Å². The average Bonchev–Trinajstić information content (AvgIpc) is 3.18. The van der Waals surface area contributed by atoms with Gasteiger partial charge in [0.2, 0.25) is 0 Å². The Labute approximate surface area is 361 Å². The number of hydrogen-bond donors (Lipinski definition) is 5. The topological polar surface area (TPSA) is 243 Å². The Morgan fingerprint density at radius 2 is 0.914 bits per heavy atom. The van der Waals surface area contributed by atoms with Gasteiger partial charge in [-0.2, -0.15) is 0 Å². The van der Waals surface area contributed by atoms with Gasteiger partial charge < -0.3 is 26.2 Å². The number of phenolic OH excluding ortho intramolecular Hbond substituents is 4. The first-order valence-corrected chi connectivity index (χ1v) is 18.4. The molecule has 1 aliphatic rings. The Morgan fingerprint density at radius 3 is 1.26 bits per heavy atom. The molecular formula is C38H32Cl4CoN7O8+. The third kappa shape index (κ3) is 11.0. The number of nitrogens with two attached hydrogens (primary N) is 1. The SMILES string of the molecule is NC1CCCCC1.O=[N+]([O-])c1ccc(O)c(N=Nc2ccc3c(Cl)ccc(Cl)c3c2O)c1.O=[N+]([O-])c1ccc(O)c(N=Nc2ccc3c(Cl)ccc(Cl)c3c2O)c1.[Co].[H+]. The fraction of sp³-hybridized carbons (Fsp3) is 0.158. The van der Waals surface area contributed by atoms with E-state index in [-0.39, 0.29) is 85.4 Å². The van der Waals surface area contributed by atoms with Gasteiger partial charge in [-0.3, -0.25) is 20.2 Å².